The summed E-state index contributed by atoms with van der Waals surface area (Å²) < 4.78 is 1.25. The maximum absolute atomic E-state index is 4.66. The van der Waals surface area contributed by atoms with E-state index >= 15 is 0 Å². The number of fused-ring (bicyclic) bond motifs is 1. The number of aromatic nitrogens is 3. The van der Waals surface area contributed by atoms with Gasteiger partial charge in [-0.05, 0) is 19.1 Å². The van der Waals surface area contributed by atoms with Crippen molar-refractivity contribution in [2.75, 3.05) is 6.54 Å². The second kappa shape index (κ2) is 5.50. The third kappa shape index (κ3) is 2.83. The zero-order chi connectivity index (χ0) is 13.1. The number of nitrogens with one attached hydrogen (secondary N) is 2. The molecular formula is C14H16N4S. The molecule has 2 heterocycles. The van der Waals surface area contributed by atoms with Gasteiger partial charge in [0, 0.05) is 25.4 Å². The van der Waals surface area contributed by atoms with Crippen LogP contribution < -0.4 is 5.32 Å². The molecule has 0 amide bonds. The summed E-state index contributed by atoms with van der Waals surface area (Å²) in [6.45, 7) is 3.05. The highest BCUT2D eigenvalue weighted by molar-refractivity contribution is 7.18. The summed E-state index contributed by atoms with van der Waals surface area (Å²) in [5, 5.41) is 4.63. The van der Waals surface area contributed by atoms with Crippen molar-refractivity contribution >= 4 is 21.6 Å². The number of hydrogen-bond acceptors (Lipinski definition) is 4. The summed E-state index contributed by atoms with van der Waals surface area (Å²) in [5.74, 6) is 1.02. The van der Waals surface area contributed by atoms with Gasteiger partial charge < -0.3 is 10.3 Å². The number of benzene rings is 1. The van der Waals surface area contributed by atoms with E-state index in [1.165, 1.54) is 4.70 Å². The first-order valence-corrected chi connectivity index (χ1v) is 7.21. The van der Waals surface area contributed by atoms with Crippen LogP contribution in [0.4, 0.5) is 0 Å². The first-order chi connectivity index (χ1) is 9.33. The van der Waals surface area contributed by atoms with Crippen LogP contribution in [0.2, 0.25) is 0 Å². The SMILES string of the molecule is CC(NCCc1ncc[nH]1)c1nc2ccccc2s1. The largest absolute Gasteiger partial charge is 0.349 e. The van der Waals surface area contributed by atoms with E-state index in [-0.39, 0.29) is 6.04 Å². The van der Waals surface area contributed by atoms with E-state index < -0.39 is 0 Å². The second-order valence-electron chi connectivity index (χ2n) is 4.48. The summed E-state index contributed by atoms with van der Waals surface area (Å²) in [6.07, 6.45) is 4.54. The van der Waals surface area contributed by atoms with Crippen molar-refractivity contribution in [3.63, 3.8) is 0 Å². The lowest BCUT2D eigenvalue weighted by Crippen LogP contribution is -2.21. The number of aromatic amines is 1. The Hall–Kier alpha value is -1.72. The Morgan fingerprint density at radius 3 is 3.05 bits per heavy atom. The molecule has 0 radical (unpaired) electrons. The van der Waals surface area contributed by atoms with Gasteiger partial charge in [0.1, 0.15) is 10.8 Å². The van der Waals surface area contributed by atoms with Gasteiger partial charge in [-0.3, -0.25) is 0 Å². The minimum Gasteiger partial charge on any atom is -0.349 e. The average molecular weight is 272 g/mol. The quantitative estimate of drug-likeness (QED) is 0.751. The van der Waals surface area contributed by atoms with Crippen LogP contribution in [0.25, 0.3) is 10.2 Å². The molecule has 5 heteroatoms. The van der Waals surface area contributed by atoms with Gasteiger partial charge in [-0.1, -0.05) is 12.1 Å². The van der Waals surface area contributed by atoms with E-state index in [1.807, 2.05) is 12.3 Å². The normalized spacial score (nSPS) is 12.9. The number of hydrogen-bond donors (Lipinski definition) is 2. The predicted octanol–water partition coefficient (Wildman–Crippen LogP) is 2.91. The standard InChI is InChI=1S/C14H16N4S/c1-10(15-7-6-13-16-8-9-17-13)14-18-11-4-2-3-5-12(11)19-14/h2-5,8-10,15H,6-7H2,1H3,(H,16,17). The molecule has 0 aliphatic heterocycles. The fraction of sp³-hybridized carbons (Fsp3) is 0.286. The highest BCUT2D eigenvalue weighted by Gasteiger charge is 2.10. The Bertz CT molecular complexity index is 611. The van der Waals surface area contributed by atoms with E-state index in [9.17, 15) is 0 Å². The molecule has 19 heavy (non-hydrogen) atoms. The Labute approximate surface area is 115 Å². The lowest BCUT2D eigenvalue weighted by Gasteiger charge is -2.09. The number of rotatable bonds is 5. The monoisotopic (exact) mass is 272 g/mol. The van der Waals surface area contributed by atoms with E-state index in [0.29, 0.717) is 0 Å². The Morgan fingerprint density at radius 1 is 1.37 bits per heavy atom. The molecule has 0 aliphatic carbocycles. The van der Waals surface area contributed by atoms with Crippen LogP contribution in [0.5, 0.6) is 0 Å². The predicted molar refractivity (Wildman–Crippen MR) is 78.3 cm³/mol. The van der Waals surface area contributed by atoms with Crippen LogP contribution in [0.1, 0.15) is 23.8 Å². The molecular weight excluding hydrogens is 256 g/mol. The fourth-order valence-electron chi connectivity index (χ4n) is 2.00. The van der Waals surface area contributed by atoms with Crippen LogP contribution in [0, 0.1) is 0 Å². The van der Waals surface area contributed by atoms with Gasteiger partial charge in [-0.25, -0.2) is 9.97 Å². The van der Waals surface area contributed by atoms with Crippen LogP contribution in [0.15, 0.2) is 36.7 Å². The van der Waals surface area contributed by atoms with Crippen molar-refractivity contribution in [1.82, 2.24) is 20.3 Å². The summed E-state index contributed by atoms with van der Waals surface area (Å²) in [5.41, 5.74) is 1.09. The molecule has 4 nitrogen and oxygen atoms in total. The number of para-hydroxylation sites is 1. The highest BCUT2D eigenvalue weighted by Crippen LogP contribution is 2.25. The molecule has 0 saturated carbocycles. The molecule has 0 aliphatic rings. The van der Waals surface area contributed by atoms with E-state index in [2.05, 4.69) is 45.4 Å². The van der Waals surface area contributed by atoms with Crippen molar-refractivity contribution in [3.8, 4) is 0 Å². The van der Waals surface area contributed by atoms with Gasteiger partial charge >= 0.3 is 0 Å². The molecule has 2 aromatic heterocycles. The minimum absolute atomic E-state index is 0.271. The first-order valence-electron chi connectivity index (χ1n) is 6.40. The second-order valence-corrected chi connectivity index (χ2v) is 5.54. The maximum Gasteiger partial charge on any atom is 0.111 e. The van der Waals surface area contributed by atoms with Gasteiger partial charge in [0.2, 0.25) is 0 Å². The number of thiazole rings is 1. The zero-order valence-electron chi connectivity index (χ0n) is 10.8. The summed E-state index contributed by atoms with van der Waals surface area (Å²) in [4.78, 5) is 12.0. The van der Waals surface area contributed by atoms with E-state index in [0.717, 1.165) is 29.3 Å². The third-order valence-electron chi connectivity index (χ3n) is 3.05. The molecule has 98 valence electrons. The molecule has 1 aromatic carbocycles. The Kier molecular flexibility index (Phi) is 3.57. The number of imidazole rings is 1. The van der Waals surface area contributed by atoms with Gasteiger partial charge in [-0.15, -0.1) is 11.3 Å². The number of H-pyrrole nitrogens is 1. The van der Waals surface area contributed by atoms with Crippen LogP contribution in [-0.4, -0.2) is 21.5 Å². The van der Waals surface area contributed by atoms with Crippen LogP contribution in [-0.2, 0) is 6.42 Å². The maximum atomic E-state index is 4.66. The molecule has 1 atom stereocenters. The van der Waals surface area contributed by atoms with Gasteiger partial charge in [-0.2, -0.15) is 0 Å². The molecule has 2 N–H and O–H groups in total. The molecule has 0 fully saturated rings. The van der Waals surface area contributed by atoms with Gasteiger partial charge in [0.25, 0.3) is 0 Å². The lowest BCUT2D eigenvalue weighted by atomic mass is 10.3. The van der Waals surface area contributed by atoms with Crippen molar-refractivity contribution in [1.29, 1.82) is 0 Å². The van der Waals surface area contributed by atoms with Crippen molar-refractivity contribution in [3.05, 3.63) is 47.5 Å². The van der Waals surface area contributed by atoms with Crippen molar-refractivity contribution in [2.45, 2.75) is 19.4 Å². The summed E-state index contributed by atoms with van der Waals surface area (Å²) >= 11 is 1.76. The van der Waals surface area contributed by atoms with Gasteiger partial charge in [0.05, 0.1) is 16.3 Å². The summed E-state index contributed by atoms with van der Waals surface area (Å²) in [7, 11) is 0. The fourth-order valence-corrected chi connectivity index (χ4v) is 3.00. The topological polar surface area (TPSA) is 53.6 Å². The first kappa shape index (κ1) is 12.3. The van der Waals surface area contributed by atoms with Crippen molar-refractivity contribution in [2.24, 2.45) is 0 Å². The minimum atomic E-state index is 0.271. The molecule has 1 unspecified atom stereocenters. The van der Waals surface area contributed by atoms with Gasteiger partial charge in [0.15, 0.2) is 0 Å². The molecule has 3 rings (SSSR count). The summed E-state index contributed by atoms with van der Waals surface area (Å²) in [6, 6.07) is 8.53. The third-order valence-corrected chi connectivity index (χ3v) is 4.27. The average Bonchev–Trinajstić information content (AvgIpc) is 3.07. The van der Waals surface area contributed by atoms with Crippen LogP contribution in [0.3, 0.4) is 0 Å². The Morgan fingerprint density at radius 2 is 2.26 bits per heavy atom. The molecule has 3 aromatic rings. The zero-order valence-corrected chi connectivity index (χ0v) is 11.6. The lowest BCUT2D eigenvalue weighted by molar-refractivity contribution is 0.569. The molecule has 0 spiro atoms. The molecule has 0 bridgehead atoms. The smallest absolute Gasteiger partial charge is 0.111 e. The Balaban J connectivity index is 1.61. The van der Waals surface area contributed by atoms with Crippen molar-refractivity contribution < 1.29 is 0 Å². The molecule has 0 saturated heterocycles. The van der Waals surface area contributed by atoms with E-state index in [4.69, 9.17) is 0 Å². The van der Waals surface area contributed by atoms with E-state index in [1.54, 1.807) is 17.5 Å². The highest BCUT2D eigenvalue weighted by atomic mass is 32.1. The van der Waals surface area contributed by atoms with Crippen LogP contribution >= 0.6 is 11.3 Å². The number of nitrogens with zero attached hydrogens (tertiary/aromatic N) is 2.